The van der Waals surface area contributed by atoms with Gasteiger partial charge >= 0.3 is 0 Å². The summed E-state index contributed by atoms with van der Waals surface area (Å²) in [6.45, 7) is 0.700. The number of hydrogen-bond donors (Lipinski definition) is 1. The molecule has 2 heterocycles. The summed E-state index contributed by atoms with van der Waals surface area (Å²) in [5, 5.41) is 8.38. The Labute approximate surface area is 117 Å². The maximum atomic E-state index is 11.5. The van der Waals surface area contributed by atoms with Crippen molar-refractivity contribution in [3.05, 3.63) is 30.1 Å². The van der Waals surface area contributed by atoms with E-state index in [1.54, 1.807) is 24.3 Å². The molecule has 0 saturated carbocycles. The fraction of sp³-hybridized carbons (Fsp3) is 0.385. The molecule has 0 bridgehead atoms. The molecule has 1 aromatic heterocycles. The van der Waals surface area contributed by atoms with Crippen molar-refractivity contribution >= 4 is 9.84 Å². The first-order valence-electron chi connectivity index (χ1n) is 6.43. The molecule has 1 aliphatic rings. The minimum absolute atomic E-state index is 0.118. The van der Waals surface area contributed by atoms with E-state index >= 15 is 0 Å². The molecule has 2 N–H and O–H groups in total. The molecular formula is C13H16N4O2S. The monoisotopic (exact) mass is 292 g/mol. The molecule has 0 saturated heterocycles. The summed E-state index contributed by atoms with van der Waals surface area (Å²) in [4.78, 5) is 0.302. The fourth-order valence-corrected chi connectivity index (χ4v) is 3.05. The highest BCUT2D eigenvalue weighted by atomic mass is 32.2. The topological polar surface area (TPSA) is 90.9 Å². The van der Waals surface area contributed by atoms with E-state index in [0.29, 0.717) is 11.4 Å². The third kappa shape index (κ3) is 2.34. The third-order valence-electron chi connectivity index (χ3n) is 3.52. The number of nitrogens with two attached hydrogens (primary N) is 1. The highest BCUT2D eigenvalue weighted by Gasteiger charge is 2.21. The van der Waals surface area contributed by atoms with E-state index in [-0.39, 0.29) is 6.04 Å². The van der Waals surface area contributed by atoms with Crippen LogP contribution in [0.4, 0.5) is 0 Å². The van der Waals surface area contributed by atoms with E-state index in [2.05, 4.69) is 10.2 Å². The van der Waals surface area contributed by atoms with Crippen LogP contribution in [0.3, 0.4) is 0 Å². The van der Waals surface area contributed by atoms with Gasteiger partial charge in [0.15, 0.2) is 15.7 Å². The van der Waals surface area contributed by atoms with Gasteiger partial charge in [0, 0.05) is 30.8 Å². The zero-order valence-electron chi connectivity index (χ0n) is 11.2. The second-order valence-corrected chi connectivity index (χ2v) is 7.16. The molecular weight excluding hydrogens is 276 g/mol. The number of sulfone groups is 1. The number of hydrogen-bond acceptors (Lipinski definition) is 5. The van der Waals surface area contributed by atoms with Gasteiger partial charge in [0.1, 0.15) is 5.82 Å². The van der Waals surface area contributed by atoms with E-state index in [1.807, 2.05) is 4.57 Å². The number of aryl methyl sites for hydroxylation is 1. The number of fused-ring (bicyclic) bond motifs is 1. The predicted octanol–water partition coefficient (Wildman–Crippen LogP) is 0.622. The lowest BCUT2D eigenvalue weighted by molar-refractivity contribution is 0.456. The summed E-state index contributed by atoms with van der Waals surface area (Å²) in [5.74, 6) is 1.68. The molecule has 7 heteroatoms. The quantitative estimate of drug-likeness (QED) is 0.876. The average Bonchev–Trinajstić information content (AvgIpc) is 2.81. The van der Waals surface area contributed by atoms with Gasteiger partial charge in [-0.05, 0) is 30.7 Å². The highest BCUT2D eigenvalue weighted by Crippen LogP contribution is 2.23. The Bertz CT molecular complexity index is 734. The standard InChI is InChI=1S/C13H16N4O2S/c1-20(18,19)11-5-2-9(3-6-11)13-16-15-12-7-4-10(14)8-17(12)13/h2-3,5-6,10H,4,7-8,14H2,1H3. The molecule has 106 valence electrons. The summed E-state index contributed by atoms with van der Waals surface area (Å²) >= 11 is 0. The first kappa shape index (κ1) is 13.3. The van der Waals surface area contributed by atoms with Crippen LogP contribution in [-0.2, 0) is 22.8 Å². The lowest BCUT2D eigenvalue weighted by Crippen LogP contribution is -2.32. The van der Waals surface area contributed by atoms with Crippen LogP contribution in [0.25, 0.3) is 11.4 Å². The molecule has 1 unspecified atom stereocenters. The largest absolute Gasteiger partial charge is 0.326 e. The van der Waals surface area contributed by atoms with Gasteiger partial charge in [-0.15, -0.1) is 10.2 Å². The lowest BCUT2D eigenvalue weighted by Gasteiger charge is -2.20. The first-order valence-corrected chi connectivity index (χ1v) is 8.32. The van der Waals surface area contributed by atoms with Crippen LogP contribution in [0.15, 0.2) is 29.2 Å². The van der Waals surface area contributed by atoms with Crippen molar-refractivity contribution in [2.75, 3.05) is 6.26 Å². The zero-order chi connectivity index (χ0) is 14.3. The molecule has 20 heavy (non-hydrogen) atoms. The van der Waals surface area contributed by atoms with Crippen LogP contribution in [0.5, 0.6) is 0 Å². The van der Waals surface area contributed by atoms with Crippen LogP contribution in [0.2, 0.25) is 0 Å². The van der Waals surface area contributed by atoms with E-state index in [1.165, 1.54) is 6.26 Å². The van der Waals surface area contributed by atoms with Crippen molar-refractivity contribution in [3.8, 4) is 11.4 Å². The van der Waals surface area contributed by atoms with Crippen LogP contribution >= 0.6 is 0 Å². The van der Waals surface area contributed by atoms with E-state index in [4.69, 9.17) is 5.73 Å². The molecule has 0 aliphatic carbocycles. The third-order valence-corrected chi connectivity index (χ3v) is 4.65. The van der Waals surface area contributed by atoms with Gasteiger partial charge in [0.05, 0.1) is 4.90 Å². The maximum absolute atomic E-state index is 11.5. The predicted molar refractivity (Wildman–Crippen MR) is 74.9 cm³/mol. The Morgan fingerprint density at radius 1 is 1.25 bits per heavy atom. The molecule has 0 amide bonds. The number of nitrogens with zero attached hydrogens (tertiary/aromatic N) is 3. The molecule has 1 aliphatic heterocycles. The van der Waals surface area contributed by atoms with Crippen LogP contribution in [-0.4, -0.2) is 35.5 Å². The Balaban J connectivity index is 2.00. The van der Waals surface area contributed by atoms with Gasteiger partial charge in [0.25, 0.3) is 0 Å². The van der Waals surface area contributed by atoms with Crippen molar-refractivity contribution in [2.45, 2.75) is 30.3 Å². The summed E-state index contributed by atoms with van der Waals surface area (Å²) in [6.07, 6.45) is 2.95. The van der Waals surface area contributed by atoms with E-state index in [9.17, 15) is 8.42 Å². The van der Waals surface area contributed by atoms with Crippen LogP contribution < -0.4 is 5.73 Å². The van der Waals surface area contributed by atoms with Gasteiger partial charge in [-0.2, -0.15) is 0 Å². The van der Waals surface area contributed by atoms with Crippen molar-refractivity contribution in [1.29, 1.82) is 0 Å². The maximum Gasteiger partial charge on any atom is 0.175 e. The second-order valence-electron chi connectivity index (χ2n) is 5.15. The molecule has 3 rings (SSSR count). The minimum Gasteiger partial charge on any atom is -0.326 e. The molecule has 2 aromatic rings. The SMILES string of the molecule is CS(=O)(=O)c1ccc(-c2nnc3n2CC(N)CC3)cc1. The Hall–Kier alpha value is -1.73. The number of benzene rings is 1. The van der Waals surface area contributed by atoms with E-state index < -0.39 is 9.84 Å². The molecule has 0 fully saturated rings. The number of aromatic nitrogens is 3. The molecule has 1 atom stereocenters. The molecule has 6 nitrogen and oxygen atoms in total. The minimum atomic E-state index is -3.18. The van der Waals surface area contributed by atoms with Crippen molar-refractivity contribution < 1.29 is 8.42 Å². The second kappa shape index (κ2) is 4.68. The number of rotatable bonds is 2. The Morgan fingerprint density at radius 2 is 1.95 bits per heavy atom. The highest BCUT2D eigenvalue weighted by molar-refractivity contribution is 7.90. The van der Waals surface area contributed by atoms with Gasteiger partial charge in [-0.1, -0.05) is 0 Å². The molecule has 1 aromatic carbocycles. The lowest BCUT2D eigenvalue weighted by atomic mass is 10.1. The van der Waals surface area contributed by atoms with Crippen LogP contribution in [0, 0.1) is 0 Å². The van der Waals surface area contributed by atoms with Gasteiger partial charge in [-0.3, -0.25) is 0 Å². The van der Waals surface area contributed by atoms with Gasteiger partial charge in [0.2, 0.25) is 0 Å². The van der Waals surface area contributed by atoms with Gasteiger partial charge < -0.3 is 10.3 Å². The van der Waals surface area contributed by atoms with Crippen molar-refractivity contribution in [1.82, 2.24) is 14.8 Å². The average molecular weight is 292 g/mol. The van der Waals surface area contributed by atoms with Gasteiger partial charge in [-0.25, -0.2) is 8.42 Å². The smallest absolute Gasteiger partial charge is 0.175 e. The summed E-state index contributed by atoms with van der Waals surface area (Å²) in [7, 11) is -3.18. The van der Waals surface area contributed by atoms with Crippen molar-refractivity contribution in [3.63, 3.8) is 0 Å². The first-order chi connectivity index (χ1) is 9.45. The Kier molecular flexibility index (Phi) is 3.10. The molecule has 0 radical (unpaired) electrons. The van der Waals surface area contributed by atoms with Crippen LogP contribution in [0.1, 0.15) is 12.2 Å². The van der Waals surface area contributed by atoms with E-state index in [0.717, 1.165) is 30.1 Å². The zero-order valence-corrected chi connectivity index (χ0v) is 12.0. The normalized spacial score (nSPS) is 18.8. The fourth-order valence-electron chi connectivity index (χ4n) is 2.42. The van der Waals surface area contributed by atoms with Crippen molar-refractivity contribution in [2.24, 2.45) is 5.73 Å². The Morgan fingerprint density at radius 3 is 2.60 bits per heavy atom. The summed E-state index contributed by atoms with van der Waals surface area (Å²) < 4.78 is 24.9. The summed E-state index contributed by atoms with van der Waals surface area (Å²) in [5.41, 5.74) is 6.83. The summed E-state index contributed by atoms with van der Waals surface area (Å²) in [6, 6.07) is 6.82. The molecule has 0 spiro atoms.